The second-order valence-corrected chi connectivity index (χ2v) is 15.9. The fourth-order valence-corrected chi connectivity index (χ4v) is 8.26. The number of rotatable bonds is 10. The highest BCUT2D eigenvalue weighted by Gasteiger charge is 2.28. The fourth-order valence-electron chi connectivity index (χ4n) is 6.98. The van der Waals surface area contributed by atoms with Gasteiger partial charge < -0.3 is 25.2 Å². The van der Waals surface area contributed by atoms with Gasteiger partial charge in [-0.2, -0.15) is 4.98 Å². The van der Waals surface area contributed by atoms with Crippen LogP contribution in [-0.2, 0) is 16.4 Å². The van der Waals surface area contributed by atoms with Crippen molar-refractivity contribution in [2.24, 2.45) is 0 Å². The van der Waals surface area contributed by atoms with E-state index in [4.69, 9.17) is 14.7 Å². The van der Waals surface area contributed by atoms with E-state index in [2.05, 4.69) is 61.4 Å². The smallest absolute Gasteiger partial charge is 0.232 e. The number of aromatic nitrogens is 4. The van der Waals surface area contributed by atoms with Crippen LogP contribution in [0.3, 0.4) is 0 Å². The van der Waals surface area contributed by atoms with Gasteiger partial charge in [-0.3, -0.25) is 19.2 Å². The van der Waals surface area contributed by atoms with E-state index in [0.717, 1.165) is 80.7 Å². The minimum absolute atomic E-state index is 0.381. The summed E-state index contributed by atoms with van der Waals surface area (Å²) in [6, 6.07) is 10.5. The van der Waals surface area contributed by atoms with E-state index < -0.39 is 10.0 Å². The van der Waals surface area contributed by atoms with Crippen LogP contribution in [0.15, 0.2) is 48.1 Å². The monoisotopic (exact) mass is 716 g/mol. The Morgan fingerprint density at radius 1 is 0.980 bits per heavy atom. The number of ether oxygens (including phenoxy) is 1. The second kappa shape index (κ2) is 14.1. The van der Waals surface area contributed by atoms with Crippen molar-refractivity contribution in [1.29, 1.82) is 0 Å². The zero-order valence-corrected chi connectivity index (χ0v) is 30.8. The van der Waals surface area contributed by atoms with Crippen LogP contribution in [0, 0.1) is 0 Å². The van der Waals surface area contributed by atoms with Crippen molar-refractivity contribution in [1.82, 2.24) is 29.7 Å². The average Bonchev–Trinajstić information content (AvgIpc) is 3.60. The van der Waals surface area contributed by atoms with E-state index in [1.165, 1.54) is 33.9 Å². The molecule has 5 aromatic rings. The first-order valence-electron chi connectivity index (χ1n) is 17.0. The lowest BCUT2D eigenvalue weighted by Gasteiger charge is -2.43. The Hall–Kier alpha value is -4.31. The number of piperidine rings is 1. The van der Waals surface area contributed by atoms with Crippen molar-refractivity contribution in [3.8, 4) is 5.75 Å². The number of methoxy groups -OCH3 is 1. The number of thiophene rings is 1. The van der Waals surface area contributed by atoms with Gasteiger partial charge in [0.1, 0.15) is 27.6 Å². The molecule has 15 heteroatoms. The summed E-state index contributed by atoms with van der Waals surface area (Å²) >= 11 is 1.50. The zero-order valence-electron chi connectivity index (χ0n) is 29.2. The van der Waals surface area contributed by atoms with Crippen molar-refractivity contribution in [3.05, 3.63) is 53.7 Å². The van der Waals surface area contributed by atoms with E-state index >= 15 is 0 Å². The number of sulfonamides is 1. The highest BCUT2D eigenvalue weighted by atomic mass is 32.2. The molecule has 2 saturated heterocycles. The van der Waals surface area contributed by atoms with Crippen LogP contribution in [0.4, 0.5) is 34.5 Å². The lowest BCUT2D eigenvalue weighted by molar-refractivity contribution is 0.0982. The van der Waals surface area contributed by atoms with Crippen molar-refractivity contribution in [3.63, 3.8) is 0 Å². The van der Waals surface area contributed by atoms with Gasteiger partial charge in [-0.1, -0.05) is 6.92 Å². The lowest BCUT2D eigenvalue weighted by Crippen LogP contribution is -2.52. The topological polar surface area (TPSA) is 132 Å². The van der Waals surface area contributed by atoms with Crippen LogP contribution in [0.1, 0.15) is 25.3 Å². The van der Waals surface area contributed by atoms with Crippen LogP contribution in [-0.4, -0.2) is 111 Å². The van der Waals surface area contributed by atoms with Crippen molar-refractivity contribution < 1.29 is 13.2 Å². The highest BCUT2D eigenvalue weighted by molar-refractivity contribution is 7.92. The maximum atomic E-state index is 12.7. The average molecular weight is 717 g/mol. The van der Waals surface area contributed by atoms with Gasteiger partial charge in [-0.15, -0.1) is 11.3 Å². The minimum Gasteiger partial charge on any atom is -0.494 e. The first kappa shape index (κ1) is 34.2. The van der Waals surface area contributed by atoms with E-state index in [-0.39, 0.29) is 0 Å². The number of aryl methyl sites for hydroxylation is 1. The number of nitrogens with one attached hydrogen (secondary N) is 2. The summed E-state index contributed by atoms with van der Waals surface area (Å²) in [5, 5.41) is 9.62. The molecule has 2 aliphatic rings. The molecule has 0 atom stereocenters. The van der Waals surface area contributed by atoms with Crippen LogP contribution < -0.4 is 24.6 Å². The number of hydrogen-bond donors (Lipinski definition) is 2. The van der Waals surface area contributed by atoms with E-state index in [1.807, 2.05) is 17.5 Å². The van der Waals surface area contributed by atoms with Gasteiger partial charge in [-0.05, 0) is 61.5 Å². The summed E-state index contributed by atoms with van der Waals surface area (Å²) in [6.07, 6.45) is 7.48. The molecule has 13 nitrogen and oxygen atoms in total. The molecule has 7 rings (SSSR count). The maximum Gasteiger partial charge on any atom is 0.232 e. The molecule has 50 heavy (non-hydrogen) atoms. The van der Waals surface area contributed by atoms with E-state index in [1.54, 1.807) is 25.6 Å². The summed E-state index contributed by atoms with van der Waals surface area (Å²) in [6.45, 7) is 8.82. The molecule has 2 aliphatic heterocycles. The molecule has 0 amide bonds. The highest BCUT2D eigenvalue weighted by Crippen LogP contribution is 2.40. The molecule has 0 aliphatic carbocycles. The quantitative estimate of drug-likeness (QED) is 0.194. The summed E-state index contributed by atoms with van der Waals surface area (Å²) in [5.74, 6) is 1.63. The number of hydrogen-bond acceptors (Lipinski definition) is 13. The third-order valence-electron chi connectivity index (χ3n) is 9.89. The summed E-state index contributed by atoms with van der Waals surface area (Å²) in [5.41, 5.74) is 5.16. The second-order valence-electron chi connectivity index (χ2n) is 13.0. The van der Waals surface area contributed by atoms with Crippen molar-refractivity contribution in [2.75, 3.05) is 86.6 Å². The van der Waals surface area contributed by atoms with Gasteiger partial charge in [0.25, 0.3) is 0 Å². The lowest BCUT2D eigenvalue weighted by atomic mass is 9.99. The standard InChI is InChI=1S/C35H44N10O3S2/c1-6-23-21-28(30(48-4)22-29(23)45-14-9-24(10-15-45)44-18-16-42(2)17-19-44)39-35-40-33(25-11-20-49-34(25)41-35)38-27-8-7-26-31(37-13-12-36-26)32(27)43(3)50(5,46)47/h7-8,11-13,20-22,24H,6,9-10,14-19H2,1-5H3,(H2,38,39,40,41). The Labute approximate surface area is 297 Å². The third-order valence-corrected chi connectivity index (χ3v) is 11.9. The summed E-state index contributed by atoms with van der Waals surface area (Å²) in [7, 11) is 1.79. The Kier molecular flexibility index (Phi) is 9.65. The molecule has 5 heterocycles. The van der Waals surface area contributed by atoms with Gasteiger partial charge in [-0.25, -0.2) is 13.4 Å². The van der Waals surface area contributed by atoms with Crippen molar-refractivity contribution in [2.45, 2.75) is 32.2 Å². The van der Waals surface area contributed by atoms with Crippen molar-refractivity contribution >= 4 is 77.1 Å². The molecule has 0 radical (unpaired) electrons. The largest absolute Gasteiger partial charge is 0.494 e. The number of piperazine rings is 1. The number of fused-ring (bicyclic) bond motifs is 2. The molecule has 0 saturated carbocycles. The number of benzene rings is 2. The first-order valence-corrected chi connectivity index (χ1v) is 19.7. The minimum atomic E-state index is -3.62. The van der Waals surface area contributed by atoms with Crippen LogP contribution in [0.25, 0.3) is 21.3 Å². The molecule has 0 unspecified atom stereocenters. The summed E-state index contributed by atoms with van der Waals surface area (Å²) in [4.78, 5) is 27.0. The normalized spacial score (nSPS) is 16.6. The number of nitrogens with zero attached hydrogens (tertiary/aromatic N) is 8. The first-order chi connectivity index (χ1) is 24.1. The SMILES string of the molecule is CCc1cc(Nc2nc(Nc3ccc4nccnc4c3N(C)S(C)(=O)=O)c3ccsc3n2)c(OC)cc1N1CCC(N2CCN(C)CC2)CC1. The predicted molar refractivity (Wildman–Crippen MR) is 203 cm³/mol. The maximum absolute atomic E-state index is 12.7. The van der Waals surface area contributed by atoms with E-state index in [0.29, 0.717) is 46.0 Å². The zero-order chi connectivity index (χ0) is 35.0. The Balaban J connectivity index is 1.18. The van der Waals surface area contributed by atoms with Gasteiger partial charge in [0.2, 0.25) is 16.0 Å². The van der Waals surface area contributed by atoms with Gasteiger partial charge in [0.15, 0.2) is 0 Å². The predicted octanol–water partition coefficient (Wildman–Crippen LogP) is 5.30. The molecule has 0 spiro atoms. The molecule has 2 fully saturated rings. The Morgan fingerprint density at radius 3 is 2.46 bits per heavy atom. The molecule has 264 valence electrons. The molecule has 2 aromatic carbocycles. The molecular weight excluding hydrogens is 673 g/mol. The molecule has 3 aromatic heterocycles. The number of anilines is 6. The number of likely N-dealkylation sites (N-methyl/N-ethyl adjacent to an activating group) is 1. The van der Waals surface area contributed by atoms with Gasteiger partial charge in [0, 0.05) is 76.5 Å². The van der Waals surface area contributed by atoms with Gasteiger partial charge >= 0.3 is 0 Å². The Morgan fingerprint density at radius 2 is 1.74 bits per heavy atom. The van der Waals surface area contributed by atoms with Crippen LogP contribution in [0.5, 0.6) is 5.75 Å². The Bertz CT molecular complexity index is 2110. The van der Waals surface area contributed by atoms with Crippen LogP contribution in [0.2, 0.25) is 0 Å². The van der Waals surface area contributed by atoms with Gasteiger partial charge in [0.05, 0.1) is 35.6 Å². The molecule has 0 bridgehead atoms. The molecule has 2 N–H and O–H groups in total. The fraction of sp³-hybridized carbons (Fsp3) is 0.429. The third kappa shape index (κ3) is 6.87. The van der Waals surface area contributed by atoms with Crippen LogP contribution >= 0.6 is 11.3 Å². The van der Waals surface area contributed by atoms with E-state index in [9.17, 15) is 8.42 Å². The molecular formula is C35H44N10O3S2. The summed E-state index contributed by atoms with van der Waals surface area (Å²) < 4.78 is 32.6.